The van der Waals surface area contributed by atoms with E-state index < -0.39 is 0 Å². The van der Waals surface area contributed by atoms with E-state index in [1.807, 2.05) is 35.7 Å². The van der Waals surface area contributed by atoms with Gasteiger partial charge in [-0.15, -0.1) is 11.3 Å². The molecule has 4 heterocycles. The van der Waals surface area contributed by atoms with E-state index in [1.54, 1.807) is 0 Å². The lowest BCUT2D eigenvalue weighted by Gasteiger charge is -2.32. The molecule has 8 heteroatoms. The first kappa shape index (κ1) is 21.2. The number of H-pyrrole nitrogens is 1. The van der Waals surface area contributed by atoms with Crippen molar-refractivity contribution in [1.29, 1.82) is 0 Å². The van der Waals surface area contributed by atoms with E-state index in [0.717, 1.165) is 55.7 Å². The Bertz CT molecular complexity index is 1140. The van der Waals surface area contributed by atoms with Gasteiger partial charge in [-0.2, -0.15) is 0 Å². The van der Waals surface area contributed by atoms with Gasteiger partial charge in [0, 0.05) is 37.1 Å². The Morgan fingerprint density at radius 3 is 2.78 bits per heavy atom. The zero-order valence-electron chi connectivity index (χ0n) is 18.2. The molecule has 2 aromatic heterocycles. The summed E-state index contributed by atoms with van der Waals surface area (Å²) in [5.41, 5.74) is 2.65. The van der Waals surface area contributed by atoms with Crippen molar-refractivity contribution in [3.63, 3.8) is 0 Å². The van der Waals surface area contributed by atoms with Gasteiger partial charge in [0.25, 0.3) is 5.56 Å². The molecule has 168 valence electrons. The van der Waals surface area contributed by atoms with E-state index in [0.29, 0.717) is 23.7 Å². The molecular formula is C24H29N5O2S. The van der Waals surface area contributed by atoms with Gasteiger partial charge in [0.15, 0.2) is 0 Å². The Kier molecular flexibility index (Phi) is 6.23. The summed E-state index contributed by atoms with van der Waals surface area (Å²) in [5, 5.41) is 5.12. The molecule has 1 aromatic carbocycles. The lowest BCUT2D eigenvalue weighted by atomic mass is 9.97. The van der Waals surface area contributed by atoms with Crippen LogP contribution in [0.15, 0.2) is 40.5 Å². The summed E-state index contributed by atoms with van der Waals surface area (Å²) in [6.45, 7) is 5.27. The Balaban J connectivity index is 1.31. The van der Waals surface area contributed by atoms with Crippen LogP contribution in [0.25, 0.3) is 21.3 Å². The number of hydrogen-bond acceptors (Lipinski definition) is 6. The Morgan fingerprint density at radius 1 is 1.16 bits per heavy atom. The third kappa shape index (κ3) is 4.42. The minimum absolute atomic E-state index is 0.0839. The van der Waals surface area contributed by atoms with E-state index in [1.165, 1.54) is 24.2 Å². The highest BCUT2D eigenvalue weighted by Crippen LogP contribution is 2.32. The molecule has 3 aromatic rings. The molecule has 2 fully saturated rings. The number of benzene rings is 1. The average molecular weight is 452 g/mol. The first-order chi connectivity index (χ1) is 15.7. The molecule has 1 amide bonds. The zero-order chi connectivity index (χ0) is 21.9. The minimum atomic E-state index is -0.116. The van der Waals surface area contributed by atoms with Crippen molar-refractivity contribution >= 4 is 33.4 Å². The average Bonchev–Trinajstić information content (AvgIpc) is 3.50. The van der Waals surface area contributed by atoms with Gasteiger partial charge in [-0.25, -0.2) is 4.98 Å². The molecule has 1 atom stereocenters. The Labute approximate surface area is 191 Å². The Morgan fingerprint density at radius 2 is 1.97 bits per heavy atom. The molecule has 2 aliphatic rings. The highest BCUT2D eigenvalue weighted by Gasteiger charge is 2.27. The number of nitrogens with zero attached hydrogens (tertiary/aromatic N) is 3. The monoisotopic (exact) mass is 451 g/mol. The van der Waals surface area contributed by atoms with Crippen molar-refractivity contribution in [2.24, 2.45) is 5.92 Å². The van der Waals surface area contributed by atoms with Gasteiger partial charge in [0.2, 0.25) is 11.9 Å². The molecule has 5 rings (SSSR count). The summed E-state index contributed by atoms with van der Waals surface area (Å²) in [6, 6.07) is 10.0. The summed E-state index contributed by atoms with van der Waals surface area (Å²) in [7, 11) is 0. The van der Waals surface area contributed by atoms with Crippen LogP contribution in [0.3, 0.4) is 0 Å². The predicted molar refractivity (Wildman–Crippen MR) is 129 cm³/mol. The maximum atomic E-state index is 12.8. The standard InChI is InChI=1S/C24H29N5O2S/c30-22(25-10-14-28-11-4-5-12-28)18-9-6-13-29(15-18)24-26-20-19(17-7-2-1-3-8-17)16-32-21(20)23(31)27-24/h1-3,7-8,16,18H,4-6,9-15H2,(H,25,30)(H,26,27,31)/t18-/m1/s1. The lowest BCUT2D eigenvalue weighted by Crippen LogP contribution is -2.45. The highest BCUT2D eigenvalue weighted by molar-refractivity contribution is 7.17. The van der Waals surface area contributed by atoms with Gasteiger partial charge in [-0.3, -0.25) is 14.6 Å². The van der Waals surface area contributed by atoms with Crippen molar-refractivity contribution in [1.82, 2.24) is 20.2 Å². The summed E-state index contributed by atoms with van der Waals surface area (Å²) >= 11 is 1.42. The molecule has 2 saturated heterocycles. The lowest BCUT2D eigenvalue weighted by molar-refractivity contribution is -0.125. The van der Waals surface area contributed by atoms with Crippen molar-refractivity contribution in [3.05, 3.63) is 46.1 Å². The fourth-order valence-corrected chi connectivity index (χ4v) is 5.67. The smallest absolute Gasteiger partial charge is 0.270 e. The maximum Gasteiger partial charge on any atom is 0.270 e. The normalized spacial score (nSPS) is 19.5. The molecule has 0 radical (unpaired) electrons. The van der Waals surface area contributed by atoms with Crippen molar-refractivity contribution in [2.45, 2.75) is 25.7 Å². The first-order valence-electron chi connectivity index (χ1n) is 11.5. The van der Waals surface area contributed by atoms with Crippen LogP contribution in [0.1, 0.15) is 25.7 Å². The van der Waals surface area contributed by atoms with E-state index in [9.17, 15) is 9.59 Å². The fourth-order valence-electron chi connectivity index (χ4n) is 4.76. The van der Waals surface area contributed by atoms with Gasteiger partial charge in [0.1, 0.15) is 4.70 Å². The van der Waals surface area contributed by atoms with E-state index in [4.69, 9.17) is 4.98 Å². The minimum Gasteiger partial charge on any atom is -0.355 e. The number of aromatic nitrogens is 2. The van der Waals surface area contributed by atoms with Crippen LogP contribution in [-0.2, 0) is 4.79 Å². The largest absolute Gasteiger partial charge is 0.355 e. The Hall–Kier alpha value is -2.71. The van der Waals surface area contributed by atoms with Gasteiger partial charge in [0.05, 0.1) is 11.4 Å². The van der Waals surface area contributed by atoms with Crippen molar-refractivity contribution < 1.29 is 4.79 Å². The molecule has 0 bridgehead atoms. The molecule has 0 spiro atoms. The van der Waals surface area contributed by atoms with Crippen molar-refractivity contribution in [2.75, 3.05) is 44.2 Å². The molecular weight excluding hydrogens is 422 g/mol. The molecule has 7 nitrogen and oxygen atoms in total. The van der Waals surface area contributed by atoms with Gasteiger partial charge < -0.3 is 15.1 Å². The third-order valence-corrected chi connectivity index (χ3v) is 7.48. The number of amides is 1. The van der Waals surface area contributed by atoms with Crippen LogP contribution in [0.4, 0.5) is 5.95 Å². The maximum absolute atomic E-state index is 12.8. The molecule has 2 aliphatic heterocycles. The summed E-state index contributed by atoms with van der Waals surface area (Å²) < 4.78 is 0.640. The van der Waals surface area contributed by atoms with E-state index in [2.05, 4.69) is 20.1 Å². The van der Waals surface area contributed by atoms with Gasteiger partial charge >= 0.3 is 0 Å². The van der Waals surface area contributed by atoms with Crippen molar-refractivity contribution in [3.8, 4) is 11.1 Å². The molecule has 0 unspecified atom stereocenters. The number of anilines is 1. The zero-order valence-corrected chi connectivity index (χ0v) is 19.0. The van der Waals surface area contributed by atoms with Gasteiger partial charge in [-0.05, 0) is 44.3 Å². The molecule has 0 saturated carbocycles. The number of likely N-dealkylation sites (tertiary alicyclic amines) is 1. The quantitative estimate of drug-likeness (QED) is 0.602. The van der Waals surface area contributed by atoms with Crippen LogP contribution in [0.5, 0.6) is 0 Å². The number of fused-ring (bicyclic) bond motifs is 1. The number of nitrogens with one attached hydrogen (secondary N) is 2. The first-order valence-corrected chi connectivity index (χ1v) is 12.4. The number of thiophene rings is 1. The fraction of sp³-hybridized carbons (Fsp3) is 0.458. The van der Waals surface area contributed by atoms with Crippen LogP contribution < -0.4 is 15.8 Å². The SMILES string of the molecule is O=C(NCCN1CCCC1)[C@@H]1CCCN(c2nc3c(-c4ccccc4)csc3c(=O)[nH]2)C1. The second-order valence-electron chi connectivity index (χ2n) is 8.71. The molecule has 2 N–H and O–H groups in total. The summed E-state index contributed by atoms with van der Waals surface area (Å²) in [6.07, 6.45) is 4.29. The topological polar surface area (TPSA) is 81.3 Å². The second kappa shape index (κ2) is 9.42. The van der Waals surface area contributed by atoms with Crippen LogP contribution in [0, 0.1) is 5.92 Å². The third-order valence-electron chi connectivity index (χ3n) is 6.52. The molecule has 0 aliphatic carbocycles. The van der Waals surface area contributed by atoms with Crippen LogP contribution in [0.2, 0.25) is 0 Å². The number of hydrogen-bond donors (Lipinski definition) is 2. The number of rotatable bonds is 6. The van der Waals surface area contributed by atoms with Crippen LogP contribution >= 0.6 is 11.3 Å². The van der Waals surface area contributed by atoms with Gasteiger partial charge in [-0.1, -0.05) is 30.3 Å². The number of carbonyl (C=O) groups excluding carboxylic acids is 1. The van der Waals surface area contributed by atoms with Crippen LogP contribution in [-0.4, -0.2) is 60.0 Å². The number of piperidine rings is 1. The summed E-state index contributed by atoms with van der Waals surface area (Å²) in [4.78, 5) is 37.8. The number of aromatic amines is 1. The molecule has 32 heavy (non-hydrogen) atoms. The summed E-state index contributed by atoms with van der Waals surface area (Å²) in [5.74, 6) is 0.588. The predicted octanol–water partition coefficient (Wildman–Crippen LogP) is 3.08. The van der Waals surface area contributed by atoms with E-state index >= 15 is 0 Å². The van der Waals surface area contributed by atoms with E-state index in [-0.39, 0.29) is 17.4 Å². The highest BCUT2D eigenvalue weighted by atomic mass is 32.1. The second-order valence-corrected chi connectivity index (χ2v) is 9.59. The number of carbonyl (C=O) groups is 1.